The highest BCUT2D eigenvalue weighted by molar-refractivity contribution is 6.74. The molecule has 1 aliphatic heterocycles. The summed E-state index contributed by atoms with van der Waals surface area (Å²) < 4.78 is 18.0. The van der Waals surface area contributed by atoms with Gasteiger partial charge in [0.2, 0.25) is 5.91 Å². The molecule has 1 saturated heterocycles. The summed E-state index contributed by atoms with van der Waals surface area (Å²) in [5, 5.41) is 11.1. The molecule has 2 amide bonds. The number of ether oxygens (including phenoxy) is 2. The zero-order valence-electron chi connectivity index (χ0n) is 27.9. The van der Waals surface area contributed by atoms with Gasteiger partial charge >= 0.3 is 6.09 Å². The number of aliphatic hydroxyl groups excluding tert-OH is 1. The number of carbonyl (C=O) groups excluding carboxylic acids is 3. The third kappa shape index (κ3) is 9.69. The van der Waals surface area contributed by atoms with E-state index in [0.29, 0.717) is 13.0 Å². The molecule has 1 heterocycles. The number of Topliss-reactive ketones (excluding diaryl/α,β-unsaturated/α-hetero) is 1. The lowest BCUT2D eigenvalue weighted by Gasteiger charge is -2.40. The van der Waals surface area contributed by atoms with Gasteiger partial charge in [-0.1, -0.05) is 101 Å². The van der Waals surface area contributed by atoms with Crippen molar-refractivity contribution in [3.8, 4) is 0 Å². The first kappa shape index (κ1) is 36.4. The topological polar surface area (TPSA) is 102 Å². The quantitative estimate of drug-likeness (QED) is 0.153. The number of nitrogens with zero attached hydrogens (tertiary/aromatic N) is 1. The molecule has 246 valence electrons. The van der Waals surface area contributed by atoms with E-state index in [9.17, 15) is 19.5 Å². The summed E-state index contributed by atoms with van der Waals surface area (Å²) in [5.74, 6) is -1.81. The molecule has 1 fully saturated rings. The van der Waals surface area contributed by atoms with Crippen LogP contribution in [-0.2, 0) is 30.1 Å². The molecule has 45 heavy (non-hydrogen) atoms. The Morgan fingerprint density at radius 1 is 1.04 bits per heavy atom. The third-order valence-electron chi connectivity index (χ3n) is 9.27. The fourth-order valence-electron chi connectivity index (χ4n) is 5.07. The van der Waals surface area contributed by atoms with Crippen molar-refractivity contribution in [2.75, 3.05) is 6.61 Å². The number of benzene rings is 2. The third-order valence-corrected chi connectivity index (χ3v) is 13.7. The molecule has 0 bridgehead atoms. The van der Waals surface area contributed by atoms with E-state index in [1.165, 1.54) is 0 Å². The maximum absolute atomic E-state index is 13.6. The maximum Gasteiger partial charge on any atom is 0.417 e. The van der Waals surface area contributed by atoms with Gasteiger partial charge in [0.15, 0.2) is 8.32 Å². The van der Waals surface area contributed by atoms with E-state index in [1.54, 1.807) is 13.0 Å². The molecule has 1 N–H and O–H groups in total. The fraction of sp³-hybridized carbons (Fsp3) is 0.528. The number of hydrogen-bond acceptors (Lipinski definition) is 7. The van der Waals surface area contributed by atoms with Gasteiger partial charge in [-0.15, -0.1) is 6.58 Å². The molecule has 9 heteroatoms. The second-order valence-electron chi connectivity index (χ2n) is 13.6. The summed E-state index contributed by atoms with van der Waals surface area (Å²) in [6.45, 7) is 18.6. The normalized spacial score (nSPS) is 18.9. The van der Waals surface area contributed by atoms with Crippen LogP contribution >= 0.6 is 0 Å². The molecule has 1 aliphatic rings. The Morgan fingerprint density at radius 2 is 1.64 bits per heavy atom. The molecule has 0 saturated carbocycles. The van der Waals surface area contributed by atoms with Crippen LogP contribution in [0, 0.1) is 11.8 Å². The molecule has 2 aromatic rings. The van der Waals surface area contributed by atoms with Crippen LogP contribution in [0.4, 0.5) is 4.79 Å². The van der Waals surface area contributed by atoms with Gasteiger partial charge in [0.05, 0.1) is 30.8 Å². The van der Waals surface area contributed by atoms with Gasteiger partial charge in [-0.05, 0) is 42.1 Å². The molecule has 0 radical (unpaired) electrons. The number of amides is 2. The van der Waals surface area contributed by atoms with Crippen molar-refractivity contribution in [2.45, 2.75) is 103 Å². The Labute approximate surface area is 269 Å². The Balaban J connectivity index is 1.69. The van der Waals surface area contributed by atoms with Crippen LogP contribution in [0.2, 0.25) is 18.1 Å². The Kier molecular flexibility index (Phi) is 12.9. The molecule has 2 aromatic carbocycles. The smallest absolute Gasteiger partial charge is 0.417 e. The van der Waals surface area contributed by atoms with E-state index < -0.39 is 56.5 Å². The first-order valence-electron chi connectivity index (χ1n) is 15.9. The first-order chi connectivity index (χ1) is 21.2. The van der Waals surface area contributed by atoms with Crippen molar-refractivity contribution in [1.29, 1.82) is 0 Å². The molecule has 0 spiro atoms. The number of hydrogen-bond donors (Lipinski definition) is 1. The first-order valence-corrected chi connectivity index (χ1v) is 18.8. The number of ketones is 1. The number of carbonyl (C=O) groups is 3. The Hall–Kier alpha value is -3.11. The number of aliphatic hydroxyl groups is 1. The second-order valence-corrected chi connectivity index (χ2v) is 18.4. The van der Waals surface area contributed by atoms with Crippen LogP contribution in [0.15, 0.2) is 73.3 Å². The molecule has 6 atom stereocenters. The SMILES string of the molecule is C=C[C@H](O[Si](C)(C)C(C)(C)C)[C@@H](C)C(=O)C[C@H](CC[C@@H](O)[C@H](C)C(=O)N1C(=O)OC[C@@H]1c1ccccc1)OCc1ccccc1. The zero-order chi connectivity index (χ0) is 33.4. The average Bonchev–Trinajstić information content (AvgIpc) is 3.41. The van der Waals surface area contributed by atoms with Crippen molar-refractivity contribution < 1.29 is 33.4 Å². The van der Waals surface area contributed by atoms with E-state index in [1.807, 2.05) is 67.6 Å². The van der Waals surface area contributed by atoms with E-state index in [2.05, 4.69) is 40.4 Å². The highest BCUT2D eigenvalue weighted by atomic mass is 28.4. The van der Waals surface area contributed by atoms with E-state index in [-0.39, 0.29) is 30.3 Å². The van der Waals surface area contributed by atoms with Gasteiger partial charge in [0.1, 0.15) is 18.4 Å². The van der Waals surface area contributed by atoms with Crippen LogP contribution < -0.4 is 0 Å². The van der Waals surface area contributed by atoms with Gasteiger partial charge in [-0.25, -0.2) is 9.69 Å². The van der Waals surface area contributed by atoms with E-state index >= 15 is 0 Å². The summed E-state index contributed by atoms with van der Waals surface area (Å²) in [5.41, 5.74) is 1.76. The molecule has 0 aliphatic carbocycles. The second kappa shape index (κ2) is 15.9. The molecule has 8 nitrogen and oxygen atoms in total. The monoisotopic (exact) mass is 637 g/mol. The molecule has 0 unspecified atom stereocenters. The highest BCUT2D eigenvalue weighted by Gasteiger charge is 2.43. The van der Waals surface area contributed by atoms with Crippen molar-refractivity contribution in [3.63, 3.8) is 0 Å². The molecule has 3 rings (SSSR count). The van der Waals surface area contributed by atoms with Gasteiger partial charge in [-0.3, -0.25) is 9.59 Å². The van der Waals surface area contributed by atoms with Crippen molar-refractivity contribution in [1.82, 2.24) is 4.90 Å². The summed E-state index contributed by atoms with van der Waals surface area (Å²) in [6.07, 6.45) is -0.293. The zero-order valence-corrected chi connectivity index (χ0v) is 28.9. The summed E-state index contributed by atoms with van der Waals surface area (Å²) in [7, 11) is -2.15. The highest BCUT2D eigenvalue weighted by Crippen LogP contribution is 2.38. The average molecular weight is 638 g/mol. The number of cyclic esters (lactones) is 1. The lowest BCUT2D eigenvalue weighted by atomic mass is 9.92. The maximum atomic E-state index is 13.6. The van der Waals surface area contributed by atoms with E-state index in [0.717, 1.165) is 16.0 Å². The fourth-order valence-corrected chi connectivity index (χ4v) is 6.41. The lowest BCUT2D eigenvalue weighted by Crippen LogP contribution is -2.46. The van der Waals surface area contributed by atoms with Crippen LogP contribution in [0.3, 0.4) is 0 Å². The largest absolute Gasteiger partial charge is 0.446 e. The molecule has 0 aromatic heterocycles. The predicted molar refractivity (Wildman–Crippen MR) is 178 cm³/mol. The van der Waals surface area contributed by atoms with Crippen LogP contribution in [0.5, 0.6) is 0 Å². The van der Waals surface area contributed by atoms with Gasteiger partial charge in [0, 0.05) is 12.3 Å². The van der Waals surface area contributed by atoms with Gasteiger partial charge in [0.25, 0.3) is 0 Å². The van der Waals surface area contributed by atoms with Gasteiger partial charge in [-0.2, -0.15) is 0 Å². The minimum absolute atomic E-state index is 0.0131. The number of rotatable bonds is 16. The van der Waals surface area contributed by atoms with Crippen molar-refractivity contribution in [2.24, 2.45) is 11.8 Å². The van der Waals surface area contributed by atoms with Crippen LogP contribution in [-0.4, -0.2) is 61.0 Å². The molecular formula is C36H51NO7Si. The minimum atomic E-state index is -2.15. The summed E-state index contributed by atoms with van der Waals surface area (Å²) in [4.78, 5) is 40.7. The summed E-state index contributed by atoms with van der Waals surface area (Å²) >= 11 is 0. The van der Waals surface area contributed by atoms with Crippen molar-refractivity contribution >= 4 is 26.1 Å². The summed E-state index contributed by atoms with van der Waals surface area (Å²) in [6, 6.07) is 18.4. The lowest BCUT2D eigenvalue weighted by molar-refractivity contribution is -0.137. The van der Waals surface area contributed by atoms with Crippen LogP contribution in [0.1, 0.15) is 71.0 Å². The predicted octanol–water partition coefficient (Wildman–Crippen LogP) is 7.24. The Morgan fingerprint density at radius 3 is 2.22 bits per heavy atom. The molecular weight excluding hydrogens is 586 g/mol. The number of imide groups is 1. The Bertz CT molecular complexity index is 1280. The minimum Gasteiger partial charge on any atom is -0.446 e. The van der Waals surface area contributed by atoms with Gasteiger partial charge < -0.3 is 19.0 Å². The van der Waals surface area contributed by atoms with Crippen LogP contribution in [0.25, 0.3) is 0 Å². The van der Waals surface area contributed by atoms with E-state index in [4.69, 9.17) is 13.9 Å². The van der Waals surface area contributed by atoms with Crippen molar-refractivity contribution in [3.05, 3.63) is 84.4 Å². The standard InChI is InChI=1S/C36H51NO7Si/c1-9-33(44-45(7,8)36(4,5)6)25(2)32(39)22-29(42-23-27-16-12-10-13-17-27)20-21-31(38)26(3)34(40)37-30(24-43-35(37)41)28-18-14-11-15-19-28/h9-19,25-26,29-31,33,38H,1,20-24H2,2-8H3/t25-,26-,29-,30+,31+,33-/m0/s1.